The summed E-state index contributed by atoms with van der Waals surface area (Å²) in [6.07, 6.45) is 3.09. The molecule has 0 bridgehead atoms. The molecule has 8 heteroatoms. The molecule has 2 aromatic heterocycles. The van der Waals surface area contributed by atoms with Crippen molar-refractivity contribution < 1.29 is 14.6 Å². The van der Waals surface area contributed by atoms with E-state index in [-0.39, 0.29) is 11.4 Å². The van der Waals surface area contributed by atoms with Crippen molar-refractivity contribution in [2.45, 2.75) is 0 Å². The number of amides is 1. The molecule has 0 unspecified atom stereocenters. The van der Waals surface area contributed by atoms with Crippen LogP contribution in [0.4, 0.5) is 5.69 Å². The van der Waals surface area contributed by atoms with Crippen LogP contribution in [0, 0.1) is 0 Å². The van der Waals surface area contributed by atoms with Crippen molar-refractivity contribution in [3.63, 3.8) is 0 Å². The van der Waals surface area contributed by atoms with Gasteiger partial charge in [-0.3, -0.25) is 9.48 Å². The Morgan fingerprint density at radius 1 is 1.31 bits per heavy atom. The van der Waals surface area contributed by atoms with Gasteiger partial charge in [-0.15, -0.1) is 0 Å². The third kappa shape index (κ3) is 3.65. The number of aromatic hydroxyl groups is 1. The van der Waals surface area contributed by atoms with Crippen LogP contribution in [0.5, 0.6) is 11.6 Å². The van der Waals surface area contributed by atoms with Crippen LogP contribution in [0.25, 0.3) is 11.3 Å². The third-order valence-corrected chi connectivity index (χ3v) is 3.74. The lowest BCUT2D eigenvalue weighted by Gasteiger charge is -2.14. The first-order valence-corrected chi connectivity index (χ1v) is 8.00. The SMILES string of the molecule is Cn1nccc1-c1cc(NC(=O)c2cccnc2O)ccc1OCCN. The van der Waals surface area contributed by atoms with Crippen molar-refractivity contribution in [3.05, 3.63) is 54.4 Å². The molecule has 8 nitrogen and oxygen atoms in total. The van der Waals surface area contributed by atoms with Crippen molar-refractivity contribution in [1.29, 1.82) is 0 Å². The average Bonchev–Trinajstić information content (AvgIpc) is 3.06. The van der Waals surface area contributed by atoms with Crippen LogP contribution in [-0.2, 0) is 7.05 Å². The van der Waals surface area contributed by atoms with Gasteiger partial charge in [-0.25, -0.2) is 4.98 Å². The first-order valence-electron chi connectivity index (χ1n) is 8.00. The normalized spacial score (nSPS) is 10.5. The van der Waals surface area contributed by atoms with E-state index in [0.29, 0.717) is 24.6 Å². The molecular weight excluding hydrogens is 334 g/mol. The summed E-state index contributed by atoms with van der Waals surface area (Å²) in [5, 5.41) is 16.7. The Morgan fingerprint density at radius 3 is 2.85 bits per heavy atom. The Morgan fingerprint density at radius 2 is 2.15 bits per heavy atom. The maximum Gasteiger partial charge on any atom is 0.261 e. The van der Waals surface area contributed by atoms with Gasteiger partial charge in [0.2, 0.25) is 5.88 Å². The quantitative estimate of drug-likeness (QED) is 0.622. The van der Waals surface area contributed by atoms with Crippen LogP contribution in [0.3, 0.4) is 0 Å². The molecule has 0 aliphatic heterocycles. The predicted octanol–water partition coefficient (Wildman–Crippen LogP) is 1.78. The molecule has 134 valence electrons. The molecule has 3 aromatic rings. The topological polar surface area (TPSA) is 115 Å². The van der Waals surface area contributed by atoms with Gasteiger partial charge in [-0.1, -0.05) is 0 Å². The summed E-state index contributed by atoms with van der Waals surface area (Å²) in [4.78, 5) is 16.1. The molecule has 0 aliphatic carbocycles. The number of nitrogens with zero attached hydrogens (tertiary/aromatic N) is 3. The van der Waals surface area contributed by atoms with Gasteiger partial charge in [-0.2, -0.15) is 5.10 Å². The zero-order chi connectivity index (χ0) is 18.5. The minimum Gasteiger partial charge on any atom is -0.493 e. The van der Waals surface area contributed by atoms with Crippen LogP contribution in [0.1, 0.15) is 10.4 Å². The fraction of sp³-hybridized carbons (Fsp3) is 0.167. The van der Waals surface area contributed by atoms with Crippen molar-refractivity contribution in [2.24, 2.45) is 12.8 Å². The van der Waals surface area contributed by atoms with Gasteiger partial charge in [0, 0.05) is 37.2 Å². The molecule has 1 aromatic carbocycles. The largest absolute Gasteiger partial charge is 0.493 e. The summed E-state index contributed by atoms with van der Waals surface area (Å²) < 4.78 is 7.41. The molecular formula is C18H19N5O3. The summed E-state index contributed by atoms with van der Waals surface area (Å²) in [7, 11) is 1.82. The van der Waals surface area contributed by atoms with Crippen molar-refractivity contribution in [1.82, 2.24) is 14.8 Å². The molecule has 0 radical (unpaired) electrons. The zero-order valence-corrected chi connectivity index (χ0v) is 14.2. The van der Waals surface area contributed by atoms with Gasteiger partial charge in [0.25, 0.3) is 5.91 Å². The molecule has 0 saturated carbocycles. The molecule has 1 amide bonds. The van der Waals surface area contributed by atoms with Gasteiger partial charge < -0.3 is 20.9 Å². The summed E-state index contributed by atoms with van der Waals surface area (Å²) >= 11 is 0. The summed E-state index contributed by atoms with van der Waals surface area (Å²) in [5.41, 5.74) is 7.77. The zero-order valence-electron chi connectivity index (χ0n) is 14.2. The number of nitrogens with two attached hydrogens (primary N) is 1. The number of carbonyl (C=O) groups is 1. The highest BCUT2D eigenvalue weighted by Crippen LogP contribution is 2.32. The van der Waals surface area contributed by atoms with E-state index in [9.17, 15) is 9.90 Å². The van der Waals surface area contributed by atoms with E-state index in [2.05, 4.69) is 15.4 Å². The van der Waals surface area contributed by atoms with Gasteiger partial charge >= 0.3 is 0 Å². The number of nitrogens with one attached hydrogen (secondary N) is 1. The highest BCUT2D eigenvalue weighted by molar-refractivity contribution is 6.06. The average molecular weight is 353 g/mol. The number of rotatable bonds is 6. The van der Waals surface area contributed by atoms with Crippen molar-refractivity contribution >= 4 is 11.6 Å². The molecule has 3 rings (SSSR count). The monoisotopic (exact) mass is 353 g/mol. The number of anilines is 1. The van der Waals surface area contributed by atoms with Crippen molar-refractivity contribution in [2.75, 3.05) is 18.5 Å². The van der Waals surface area contributed by atoms with Crippen LogP contribution in [-0.4, -0.2) is 38.9 Å². The molecule has 0 aliphatic rings. The Kier molecular flexibility index (Phi) is 5.14. The maximum absolute atomic E-state index is 12.4. The van der Waals surface area contributed by atoms with E-state index in [1.165, 1.54) is 12.3 Å². The smallest absolute Gasteiger partial charge is 0.261 e. The maximum atomic E-state index is 12.4. The molecule has 0 saturated heterocycles. The molecule has 0 spiro atoms. The number of carbonyl (C=O) groups excluding carboxylic acids is 1. The lowest BCUT2D eigenvalue weighted by atomic mass is 10.1. The lowest BCUT2D eigenvalue weighted by Crippen LogP contribution is -2.13. The van der Waals surface area contributed by atoms with Gasteiger partial charge in [0.1, 0.15) is 17.9 Å². The standard InChI is InChI=1S/C18H19N5O3/c1-23-15(6-9-21-23)14-11-12(4-5-16(14)26-10-7-19)22-18(25)13-3-2-8-20-17(13)24/h2-6,8-9,11H,7,10,19H2,1H3,(H,20,24)(H,22,25). The third-order valence-electron chi connectivity index (χ3n) is 3.74. The van der Waals surface area contributed by atoms with E-state index >= 15 is 0 Å². The minimum atomic E-state index is -0.456. The van der Waals surface area contributed by atoms with E-state index in [0.717, 1.165) is 11.3 Å². The predicted molar refractivity (Wildman–Crippen MR) is 97.0 cm³/mol. The highest BCUT2D eigenvalue weighted by atomic mass is 16.5. The van der Waals surface area contributed by atoms with E-state index in [1.54, 1.807) is 35.1 Å². The Hall–Kier alpha value is -3.39. The number of benzene rings is 1. The van der Waals surface area contributed by atoms with Crippen LogP contribution in [0.15, 0.2) is 48.8 Å². The number of aromatic nitrogens is 3. The van der Waals surface area contributed by atoms with E-state index in [1.807, 2.05) is 13.1 Å². The molecule has 2 heterocycles. The van der Waals surface area contributed by atoms with Gasteiger partial charge in [0.15, 0.2) is 0 Å². The Balaban J connectivity index is 1.93. The summed E-state index contributed by atoms with van der Waals surface area (Å²) in [5.74, 6) is -0.136. The molecule has 26 heavy (non-hydrogen) atoms. The highest BCUT2D eigenvalue weighted by Gasteiger charge is 2.15. The second-order valence-corrected chi connectivity index (χ2v) is 5.52. The second-order valence-electron chi connectivity index (χ2n) is 5.52. The summed E-state index contributed by atoms with van der Waals surface area (Å²) in [6, 6.07) is 10.2. The van der Waals surface area contributed by atoms with Crippen LogP contribution < -0.4 is 15.8 Å². The van der Waals surface area contributed by atoms with Gasteiger partial charge in [-0.05, 0) is 36.4 Å². The second kappa shape index (κ2) is 7.66. The molecule has 4 N–H and O–H groups in total. The number of pyridine rings is 1. The first-order chi connectivity index (χ1) is 12.6. The Bertz CT molecular complexity index is 923. The molecule has 0 fully saturated rings. The van der Waals surface area contributed by atoms with Crippen LogP contribution in [0.2, 0.25) is 0 Å². The lowest BCUT2D eigenvalue weighted by molar-refractivity contribution is 0.102. The summed E-state index contributed by atoms with van der Waals surface area (Å²) in [6.45, 7) is 0.768. The van der Waals surface area contributed by atoms with Crippen molar-refractivity contribution in [3.8, 4) is 22.9 Å². The molecule has 0 atom stereocenters. The minimum absolute atomic E-state index is 0.0954. The van der Waals surface area contributed by atoms with E-state index in [4.69, 9.17) is 10.5 Å². The van der Waals surface area contributed by atoms with Gasteiger partial charge in [0.05, 0.1) is 5.69 Å². The fourth-order valence-corrected chi connectivity index (χ4v) is 2.51. The van der Waals surface area contributed by atoms with E-state index < -0.39 is 5.91 Å². The number of hydrogen-bond donors (Lipinski definition) is 3. The number of aryl methyl sites for hydroxylation is 1. The Labute approximate surface area is 150 Å². The number of hydrogen-bond acceptors (Lipinski definition) is 6. The fourth-order valence-electron chi connectivity index (χ4n) is 2.51. The van der Waals surface area contributed by atoms with Crippen LogP contribution >= 0.6 is 0 Å². The number of ether oxygens (including phenoxy) is 1. The first kappa shape index (κ1) is 17.4.